The molecular formula is C16H28N2O3. The maximum absolute atomic E-state index is 12.9. The van der Waals surface area contributed by atoms with Crippen molar-refractivity contribution in [2.45, 2.75) is 64.6 Å². The molecule has 0 bridgehead atoms. The quantitative estimate of drug-likeness (QED) is 0.809. The molecule has 2 fully saturated rings. The number of rotatable bonds is 6. The molecule has 1 N–H and O–H groups in total. The van der Waals surface area contributed by atoms with Crippen LogP contribution in [0.2, 0.25) is 0 Å². The van der Waals surface area contributed by atoms with E-state index in [0.29, 0.717) is 18.9 Å². The van der Waals surface area contributed by atoms with Crippen LogP contribution in [0.3, 0.4) is 0 Å². The van der Waals surface area contributed by atoms with Gasteiger partial charge in [0.2, 0.25) is 11.8 Å². The van der Waals surface area contributed by atoms with Gasteiger partial charge in [0.05, 0.1) is 12.6 Å². The Labute approximate surface area is 127 Å². The first kappa shape index (κ1) is 16.3. The number of amides is 2. The number of nitrogens with zero attached hydrogens (tertiary/aromatic N) is 1. The van der Waals surface area contributed by atoms with Crippen LogP contribution in [-0.4, -0.2) is 48.1 Å². The number of nitrogens with one attached hydrogen (secondary N) is 1. The molecule has 0 radical (unpaired) electrons. The van der Waals surface area contributed by atoms with Gasteiger partial charge < -0.3 is 15.0 Å². The van der Waals surface area contributed by atoms with Crippen LogP contribution >= 0.6 is 0 Å². The molecule has 3 atom stereocenters. The Morgan fingerprint density at radius 3 is 2.43 bits per heavy atom. The van der Waals surface area contributed by atoms with Crippen molar-refractivity contribution < 1.29 is 14.3 Å². The summed E-state index contributed by atoms with van der Waals surface area (Å²) in [6.07, 6.45) is 2.71. The number of ether oxygens (including phenoxy) is 1. The van der Waals surface area contributed by atoms with E-state index in [4.69, 9.17) is 4.74 Å². The topological polar surface area (TPSA) is 58.6 Å². The Morgan fingerprint density at radius 1 is 1.33 bits per heavy atom. The number of hydrogen-bond donors (Lipinski definition) is 1. The van der Waals surface area contributed by atoms with Gasteiger partial charge in [-0.1, -0.05) is 13.8 Å². The molecule has 0 aromatic heterocycles. The molecule has 3 unspecified atom stereocenters. The SMILES string of the molecule is COCC(C)N1C(=O)C(CC(C)C)NC(=O)C1(C)C1CC1. The van der Waals surface area contributed by atoms with Gasteiger partial charge in [-0.2, -0.15) is 0 Å². The van der Waals surface area contributed by atoms with Gasteiger partial charge in [-0.05, 0) is 44.9 Å². The third kappa shape index (κ3) is 2.93. The Kier molecular flexibility index (Phi) is 4.61. The van der Waals surface area contributed by atoms with Crippen molar-refractivity contribution in [1.82, 2.24) is 10.2 Å². The van der Waals surface area contributed by atoms with E-state index in [2.05, 4.69) is 19.2 Å². The molecule has 2 rings (SSSR count). The fourth-order valence-corrected chi connectivity index (χ4v) is 3.52. The largest absolute Gasteiger partial charge is 0.383 e. The van der Waals surface area contributed by atoms with Crippen molar-refractivity contribution in [3.63, 3.8) is 0 Å². The second-order valence-electron chi connectivity index (χ2n) is 7.09. The van der Waals surface area contributed by atoms with E-state index in [0.717, 1.165) is 12.8 Å². The summed E-state index contributed by atoms with van der Waals surface area (Å²) in [4.78, 5) is 27.4. The van der Waals surface area contributed by atoms with E-state index in [1.807, 2.05) is 13.8 Å². The van der Waals surface area contributed by atoms with E-state index in [1.165, 1.54) is 0 Å². The lowest BCUT2D eigenvalue weighted by Crippen LogP contribution is -2.72. The summed E-state index contributed by atoms with van der Waals surface area (Å²) < 4.78 is 5.22. The molecule has 2 aliphatic rings. The zero-order valence-electron chi connectivity index (χ0n) is 13.8. The number of carbonyl (C=O) groups is 2. The number of hydrogen-bond acceptors (Lipinski definition) is 3. The van der Waals surface area contributed by atoms with Crippen molar-refractivity contribution >= 4 is 11.8 Å². The highest BCUT2D eigenvalue weighted by atomic mass is 16.5. The normalized spacial score (nSPS) is 31.5. The smallest absolute Gasteiger partial charge is 0.246 e. The minimum Gasteiger partial charge on any atom is -0.383 e. The van der Waals surface area contributed by atoms with Gasteiger partial charge >= 0.3 is 0 Å². The Balaban J connectivity index is 2.30. The Bertz CT molecular complexity index is 420. The van der Waals surface area contributed by atoms with Crippen LogP contribution in [0.25, 0.3) is 0 Å². The minimum absolute atomic E-state index is 0.00166. The monoisotopic (exact) mass is 296 g/mol. The number of carbonyl (C=O) groups excluding carboxylic acids is 2. The first-order chi connectivity index (χ1) is 9.82. The maximum atomic E-state index is 12.9. The zero-order valence-corrected chi connectivity index (χ0v) is 13.8. The van der Waals surface area contributed by atoms with Gasteiger partial charge in [0.15, 0.2) is 0 Å². The molecule has 2 amide bonds. The summed E-state index contributed by atoms with van der Waals surface area (Å²) in [6, 6.07) is -0.488. The van der Waals surface area contributed by atoms with Crippen LogP contribution in [0.5, 0.6) is 0 Å². The molecule has 0 aromatic carbocycles. The van der Waals surface area contributed by atoms with E-state index in [9.17, 15) is 9.59 Å². The first-order valence-electron chi connectivity index (χ1n) is 7.95. The minimum atomic E-state index is -0.720. The van der Waals surface area contributed by atoms with E-state index < -0.39 is 11.6 Å². The molecule has 1 saturated heterocycles. The van der Waals surface area contributed by atoms with Crippen LogP contribution in [0, 0.1) is 11.8 Å². The fourth-order valence-electron chi connectivity index (χ4n) is 3.52. The second-order valence-corrected chi connectivity index (χ2v) is 7.09. The van der Waals surface area contributed by atoms with E-state index in [-0.39, 0.29) is 23.8 Å². The van der Waals surface area contributed by atoms with Crippen molar-refractivity contribution in [3.05, 3.63) is 0 Å². The summed E-state index contributed by atoms with van der Waals surface area (Å²) in [5.74, 6) is 0.685. The third-order valence-corrected chi connectivity index (χ3v) is 4.73. The van der Waals surface area contributed by atoms with Crippen molar-refractivity contribution in [2.24, 2.45) is 11.8 Å². The predicted molar refractivity (Wildman–Crippen MR) is 80.7 cm³/mol. The third-order valence-electron chi connectivity index (χ3n) is 4.73. The maximum Gasteiger partial charge on any atom is 0.246 e. The molecule has 1 aliphatic heterocycles. The van der Waals surface area contributed by atoms with Gasteiger partial charge in [0, 0.05) is 7.11 Å². The van der Waals surface area contributed by atoms with Crippen molar-refractivity contribution in [3.8, 4) is 0 Å². The molecular weight excluding hydrogens is 268 g/mol. The summed E-state index contributed by atoms with van der Waals surface area (Å²) >= 11 is 0. The van der Waals surface area contributed by atoms with Gasteiger partial charge in [-0.3, -0.25) is 9.59 Å². The lowest BCUT2D eigenvalue weighted by Gasteiger charge is -2.49. The average Bonchev–Trinajstić information content (AvgIpc) is 3.20. The predicted octanol–water partition coefficient (Wildman–Crippen LogP) is 1.56. The van der Waals surface area contributed by atoms with Crippen LogP contribution < -0.4 is 5.32 Å². The first-order valence-corrected chi connectivity index (χ1v) is 7.95. The van der Waals surface area contributed by atoms with E-state index in [1.54, 1.807) is 12.0 Å². The zero-order chi connectivity index (χ0) is 15.8. The molecule has 5 heteroatoms. The van der Waals surface area contributed by atoms with Crippen LogP contribution in [0.1, 0.15) is 47.0 Å². The Hall–Kier alpha value is -1.10. The summed E-state index contributed by atoms with van der Waals surface area (Å²) in [7, 11) is 1.63. The van der Waals surface area contributed by atoms with Gasteiger partial charge in [-0.15, -0.1) is 0 Å². The molecule has 1 saturated carbocycles. The van der Waals surface area contributed by atoms with Crippen LogP contribution in [-0.2, 0) is 14.3 Å². The van der Waals surface area contributed by atoms with Crippen LogP contribution in [0.4, 0.5) is 0 Å². The highest BCUT2D eigenvalue weighted by Gasteiger charge is 2.58. The summed E-state index contributed by atoms with van der Waals surface area (Å²) in [5.41, 5.74) is -0.720. The highest BCUT2D eigenvalue weighted by Crippen LogP contribution is 2.45. The number of methoxy groups -OCH3 is 1. The molecule has 1 aliphatic carbocycles. The fraction of sp³-hybridized carbons (Fsp3) is 0.875. The second kappa shape index (κ2) is 5.95. The summed E-state index contributed by atoms with van der Waals surface area (Å²) in [6.45, 7) is 8.46. The standard InChI is InChI=1S/C16H28N2O3/c1-10(2)8-13-14(19)18(11(3)9-21-5)16(4,12-6-7-12)15(20)17-13/h10-13H,6-9H2,1-5H3,(H,17,20). The van der Waals surface area contributed by atoms with Gasteiger partial charge in [-0.25, -0.2) is 0 Å². The molecule has 120 valence electrons. The van der Waals surface area contributed by atoms with Crippen molar-refractivity contribution in [1.29, 1.82) is 0 Å². The molecule has 0 spiro atoms. The van der Waals surface area contributed by atoms with Crippen LogP contribution in [0.15, 0.2) is 0 Å². The lowest BCUT2D eigenvalue weighted by molar-refractivity contribution is -0.163. The lowest BCUT2D eigenvalue weighted by atomic mass is 9.85. The molecule has 1 heterocycles. The highest BCUT2D eigenvalue weighted by molar-refractivity contribution is 6.00. The average molecular weight is 296 g/mol. The molecule has 21 heavy (non-hydrogen) atoms. The molecule has 0 aromatic rings. The van der Waals surface area contributed by atoms with Gasteiger partial charge in [0.25, 0.3) is 0 Å². The summed E-state index contributed by atoms with van der Waals surface area (Å²) in [5, 5.41) is 2.97. The van der Waals surface area contributed by atoms with Gasteiger partial charge in [0.1, 0.15) is 11.6 Å². The van der Waals surface area contributed by atoms with E-state index >= 15 is 0 Å². The number of piperazine rings is 1. The van der Waals surface area contributed by atoms with Crippen molar-refractivity contribution in [2.75, 3.05) is 13.7 Å². The molecule has 5 nitrogen and oxygen atoms in total. The Morgan fingerprint density at radius 2 is 1.95 bits per heavy atom.